The minimum absolute atomic E-state index is 0. The predicted octanol–water partition coefficient (Wildman–Crippen LogP) is 13.2. The van der Waals surface area contributed by atoms with Gasteiger partial charge < -0.3 is 24.7 Å². The predicted molar refractivity (Wildman–Crippen MR) is 233 cm³/mol. The minimum Gasteiger partial charge on any atom is -0.442 e. The van der Waals surface area contributed by atoms with Gasteiger partial charge in [-0.25, -0.2) is 0 Å². The summed E-state index contributed by atoms with van der Waals surface area (Å²) in [6.45, 7) is 45.6. The Bertz CT molecular complexity index is 1130. The van der Waals surface area contributed by atoms with Gasteiger partial charge in [0.2, 0.25) is 0 Å². The summed E-state index contributed by atoms with van der Waals surface area (Å²) in [5.74, 6) is 2.93. The smallest absolute Gasteiger partial charge is 0.442 e. The first-order chi connectivity index (χ1) is 23.9. The Kier molecular flexibility index (Phi) is 22.4. The molecule has 5 nitrogen and oxygen atoms in total. The summed E-state index contributed by atoms with van der Waals surface area (Å²) >= 11 is 0. The molecule has 2 aromatic rings. The van der Waals surface area contributed by atoms with Gasteiger partial charge in [-0.1, -0.05) is 205 Å². The molecule has 3 heterocycles. The van der Waals surface area contributed by atoms with E-state index in [1.807, 2.05) is 0 Å². The van der Waals surface area contributed by atoms with Crippen molar-refractivity contribution in [2.75, 3.05) is 13.2 Å². The fourth-order valence-electron chi connectivity index (χ4n) is 8.28. The van der Waals surface area contributed by atoms with Crippen molar-refractivity contribution in [2.45, 2.75) is 248 Å². The number of ether oxygens (including phenoxy) is 1. The molecule has 0 saturated carbocycles. The number of hydrogen-bond donors (Lipinski definition) is 0. The van der Waals surface area contributed by atoms with Crippen LogP contribution in [0.1, 0.15) is 249 Å². The molecule has 53 heavy (non-hydrogen) atoms. The number of imidazole rings is 2. The zero-order valence-corrected chi connectivity index (χ0v) is 41.3. The van der Waals surface area contributed by atoms with E-state index in [1.165, 1.54) is 67.7 Å². The van der Waals surface area contributed by atoms with Gasteiger partial charge in [0, 0.05) is 13.2 Å². The van der Waals surface area contributed by atoms with Crippen molar-refractivity contribution < 1.29 is 4.74 Å². The number of rotatable bonds is 18. The molecule has 3 rings (SSSR count). The maximum absolute atomic E-state index is 5.13. The third-order valence-electron chi connectivity index (χ3n) is 11.5. The molecule has 1 fully saturated rings. The van der Waals surface area contributed by atoms with Crippen molar-refractivity contribution in [1.29, 1.82) is 0 Å². The first kappa shape index (κ1) is 52.6. The quantitative estimate of drug-likeness (QED) is 0.141. The van der Waals surface area contributed by atoms with E-state index in [0.29, 0.717) is 0 Å². The Morgan fingerprint density at radius 2 is 0.774 bits per heavy atom. The van der Waals surface area contributed by atoms with Crippen LogP contribution < -0.4 is 9.97 Å². The molecule has 1 unspecified atom stereocenters. The summed E-state index contributed by atoms with van der Waals surface area (Å²) < 4.78 is 5.06. The van der Waals surface area contributed by atoms with Gasteiger partial charge in [-0.3, -0.25) is 0 Å². The Morgan fingerprint density at radius 1 is 0.491 bits per heavy atom. The van der Waals surface area contributed by atoms with Gasteiger partial charge in [0.1, 0.15) is 0 Å². The molecule has 0 radical (unpaired) electrons. The molecular weight excluding hydrogens is 677 g/mol. The summed E-state index contributed by atoms with van der Waals surface area (Å²) in [5.41, 5.74) is 5.51. The second-order valence-corrected chi connectivity index (χ2v) is 20.3. The van der Waals surface area contributed by atoms with Crippen LogP contribution in [0.5, 0.6) is 0 Å². The Morgan fingerprint density at radius 3 is 1.00 bits per heavy atom. The third-order valence-corrected chi connectivity index (χ3v) is 11.5. The average Bonchev–Trinajstić information content (AvgIpc) is 3.79. The van der Waals surface area contributed by atoms with E-state index in [0.717, 1.165) is 69.3 Å². The molecule has 1 aliphatic heterocycles. The molecule has 0 spiro atoms. The first-order valence-corrected chi connectivity index (χ1v) is 21.6. The van der Waals surface area contributed by atoms with Gasteiger partial charge in [0.05, 0.1) is 0 Å². The van der Waals surface area contributed by atoms with E-state index in [1.54, 1.807) is 0 Å². The molecule has 0 N–H and O–H groups in total. The number of hydrogen-bond acceptors (Lipinski definition) is 3. The molecule has 1 atom stereocenters. The minimum atomic E-state index is 0. The summed E-state index contributed by atoms with van der Waals surface area (Å²) in [6.07, 6.45) is 15.2. The van der Waals surface area contributed by atoms with Gasteiger partial charge >= 0.3 is 37.7 Å². The van der Waals surface area contributed by atoms with Crippen LogP contribution in [0.3, 0.4) is 0 Å². The van der Waals surface area contributed by atoms with E-state index in [4.69, 9.17) is 24.7 Å². The van der Waals surface area contributed by atoms with Crippen LogP contribution in [0, 0.1) is 5.92 Å². The number of nitrogens with zero attached hydrogens (tertiary/aromatic N) is 4. The third kappa shape index (κ3) is 15.5. The molecule has 2 aromatic heterocycles. The Balaban J connectivity index is 0.000000864. The van der Waals surface area contributed by atoms with Crippen LogP contribution in [-0.4, -0.2) is 60.9 Å². The molecule has 0 bridgehead atoms. The fraction of sp³-hybridized carbons (Fsp3) is 0.872. The van der Waals surface area contributed by atoms with Crippen LogP contribution in [0.2, 0.25) is 0 Å². The molecule has 1 aliphatic rings. The topological polar surface area (TPSA) is 63.2 Å². The molecule has 1 saturated heterocycles. The molecule has 0 amide bonds. The van der Waals surface area contributed by atoms with E-state index >= 15 is 0 Å². The first-order valence-electron chi connectivity index (χ1n) is 21.6. The fourth-order valence-corrected chi connectivity index (χ4v) is 8.28. The van der Waals surface area contributed by atoms with Crippen LogP contribution in [0.25, 0.3) is 0 Å². The normalized spacial score (nSPS) is 15.7. The summed E-state index contributed by atoms with van der Waals surface area (Å²) in [5, 5.41) is 0. The van der Waals surface area contributed by atoms with Crippen molar-refractivity contribution in [1.82, 2.24) is 19.9 Å². The Labute approximate surface area is 361 Å². The van der Waals surface area contributed by atoms with E-state index in [-0.39, 0.29) is 70.2 Å². The van der Waals surface area contributed by atoms with Crippen LogP contribution in [0.4, 0.5) is 0 Å². The van der Waals surface area contributed by atoms with E-state index in [9.17, 15) is 0 Å². The molecule has 6 heteroatoms. The largest absolute Gasteiger partial charge is 2.00 e. The second-order valence-electron chi connectivity index (χ2n) is 20.3. The zero-order chi connectivity index (χ0) is 40.2. The van der Waals surface area contributed by atoms with Crippen molar-refractivity contribution in [3.63, 3.8) is 0 Å². The van der Waals surface area contributed by atoms with Gasteiger partial charge in [-0.15, -0.1) is 0 Å². The van der Waals surface area contributed by atoms with Crippen LogP contribution in [-0.2, 0) is 37.2 Å². The maximum atomic E-state index is 5.13. The summed E-state index contributed by atoms with van der Waals surface area (Å²) in [6, 6.07) is 0. The van der Waals surface area contributed by atoms with Gasteiger partial charge in [-0.05, 0) is 83.4 Å². The average molecular weight is 765 g/mol. The summed E-state index contributed by atoms with van der Waals surface area (Å²) in [7, 11) is 0. The van der Waals surface area contributed by atoms with Gasteiger partial charge in [0.15, 0.2) is 0 Å². The molecule has 0 aromatic carbocycles. The van der Waals surface area contributed by atoms with E-state index in [2.05, 4.69) is 132 Å². The van der Waals surface area contributed by atoms with E-state index < -0.39 is 0 Å². The van der Waals surface area contributed by atoms with Crippen molar-refractivity contribution in [3.05, 3.63) is 34.4 Å². The van der Waals surface area contributed by atoms with Crippen molar-refractivity contribution in [3.8, 4) is 0 Å². The molecule has 304 valence electrons. The maximum Gasteiger partial charge on any atom is 2.00 e. The van der Waals surface area contributed by atoms with Gasteiger partial charge in [0.25, 0.3) is 0 Å². The van der Waals surface area contributed by atoms with Crippen LogP contribution >= 0.6 is 0 Å². The monoisotopic (exact) mass is 765 g/mol. The summed E-state index contributed by atoms with van der Waals surface area (Å²) in [4.78, 5) is 20.5. The second kappa shape index (κ2) is 22.5. The number of aromatic nitrogens is 4. The van der Waals surface area contributed by atoms with Crippen molar-refractivity contribution >= 4 is 37.7 Å². The van der Waals surface area contributed by atoms with Crippen LogP contribution in [0.15, 0.2) is 0 Å². The van der Waals surface area contributed by atoms with Gasteiger partial charge in [-0.2, -0.15) is 0 Å². The Hall–Kier alpha value is -0.360. The SMILES string of the molecule is CC1CCOC1.CCCC(C)(C)c1nc(C(C)(C)CCC)c(C(C)(C)CCC)[n-]1.CCCC(C)(C)c1nc(C(C)(C)CCC)c(C(C)(C)CCC)[n-]1.[Ca+2]. The standard InChI is InChI=1S/2C21H39N2.C5H10O.Ca/c2*1-10-13-19(4,5)16-17(20(6,7)14-11-2)23-18(22-16)21(8,9)15-12-3;1-5-2-3-6-4-5;/h2*10-15H2,1-9H3;5H,2-4H2,1H3;/q2*-1;;+2. The zero-order valence-electron chi connectivity index (χ0n) is 39.1. The molecular formula is C47H88CaN4O. The van der Waals surface area contributed by atoms with Crippen molar-refractivity contribution in [2.24, 2.45) is 5.92 Å². The molecule has 0 aliphatic carbocycles.